The molecule has 344 valence electrons. The van der Waals surface area contributed by atoms with Gasteiger partial charge in [-0.15, -0.1) is 0 Å². The van der Waals surface area contributed by atoms with E-state index >= 15 is 0 Å². The number of unbranched alkanes of at least 4 members (excludes halogenated alkanes) is 23. The zero-order valence-corrected chi connectivity index (χ0v) is 39.2. The molecule has 0 aliphatic carbocycles. The van der Waals surface area contributed by atoms with Crippen molar-refractivity contribution in [2.45, 2.75) is 226 Å². The molecule has 58 heavy (non-hydrogen) atoms. The first-order chi connectivity index (χ1) is 28.3. The average molecular weight is 824 g/mol. The highest BCUT2D eigenvalue weighted by Gasteiger charge is 2.19. The number of esters is 2. The number of ether oxygens (including phenoxy) is 3. The molecule has 0 aromatic rings. The summed E-state index contributed by atoms with van der Waals surface area (Å²) in [5, 5.41) is 2.82. The number of nitrogens with zero attached hydrogens (tertiary/aromatic N) is 2. The number of alkyl carbamates (subject to hydrolysis) is 1. The summed E-state index contributed by atoms with van der Waals surface area (Å²) in [4.78, 5) is 41.6. The van der Waals surface area contributed by atoms with Crippen LogP contribution in [0, 0.1) is 5.92 Å². The third kappa shape index (κ3) is 40.9. The molecule has 1 N–H and O–H groups in total. The Morgan fingerprint density at radius 1 is 0.448 bits per heavy atom. The minimum Gasteiger partial charge on any atom is -0.466 e. The molecule has 0 aliphatic rings. The van der Waals surface area contributed by atoms with Crippen molar-refractivity contribution in [2.75, 3.05) is 66.6 Å². The average Bonchev–Trinajstić information content (AvgIpc) is 3.20. The SMILES string of the molecule is CCCCCCCCCC(=O)OCCCCCCCN(CCCCCCCCOC(=O)C(CCCCCC)CCCCCCCC)CCCOC(=O)NCCN(C)C. The second-order valence-electron chi connectivity index (χ2n) is 17.3. The van der Waals surface area contributed by atoms with E-state index in [1.165, 1.54) is 116 Å². The maximum atomic E-state index is 13.0. The molecule has 0 radical (unpaired) electrons. The van der Waals surface area contributed by atoms with Gasteiger partial charge < -0.3 is 29.3 Å². The highest BCUT2D eigenvalue weighted by Crippen LogP contribution is 2.21. The number of amides is 1. The Balaban J connectivity index is 4.36. The predicted octanol–water partition coefficient (Wildman–Crippen LogP) is 12.8. The van der Waals surface area contributed by atoms with Crippen molar-refractivity contribution >= 4 is 18.0 Å². The topological polar surface area (TPSA) is 97.4 Å². The Hall–Kier alpha value is -1.87. The Bertz CT molecular complexity index is 904. The van der Waals surface area contributed by atoms with Crippen LogP contribution in [0.1, 0.15) is 226 Å². The smallest absolute Gasteiger partial charge is 0.407 e. The normalized spacial score (nSPS) is 12.0. The van der Waals surface area contributed by atoms with E-state index in [1.54, 1.807) is 0 Å². The number of rotatable bonds is 45. The number of hydrogen-bond acceptors (Lipinski definition) is 8. The Morgan fingerprint density at radius 3 is 1.40 bits per heavy atom. The lowest BCUT2D eigenvalue weighted by atomic mass is 9.94. The summed E-state index contributed by atoms with van der Waals surface area (Å²) in [7, 11) is 3.97. The standard InChI is InChI=1S/C49H97N3O6/c1-6-9-12-15-17-22-29-37-47(53)56-43-32-26-20-24-31-40-52(41-34-45-58-49(55)50-38-42-51(4)5)39-30-23-18-19-25-33-44-57-48(54)46(35-27-14-11-8-3)36-28-21-16-13-10-7-2/h46H,6-45H2,1-5H3,(H,50,55). The van der Waals surface area contributed by atoms with Crippen LogP contribution in [0.2, 0.25) is 0 Å². The van der Waals surface area contributed by atoms with Crippen LogP contribution in [0.4, 0.5) is 4.79 Å². The second kappa shape index (κ2) is 44.7. The number of hydrogen-bond donors (Lipinski definition) is 1. The van der Waals surface area contributed by atoms with E-state index in [1.807, 2.05) is 19.0 Å². The molecule has 0 heterocycles. The highest BCUT2D eigenvalue weighted by molar-refractivity contribution is 5.72. The zero-order valence-electron chi connectivity index (χ0n) is 39.2. The van der Waals surface area contributed by atoms with Crippen molar-refractivity contribution in [3.63, 3.8) is 0 Å². The van der Waals surface area contributed by atoms with Crippen molar-refractivity contribution in [2.24, 2.45) is 5.92 Å². The molecule has 9 nitrogen and oxygen atoms in total. The zero-order chi connectivity index (χ0) is 42.6. The van der Waals surface area contributed by atoms with Crippen molar-refractivity contribution in [1.82, 2.24) is 15.1 Å². The van der Waals surface area contributed by atoms with Crippen LogP contribution in [0.5, 0.6) is 0 Å². The fourth-order valence-electron chi connectivity index (χ4n) is 7.48. The van der Waals surface area contributed by atoms with Crippen molar-refractivity contribution in [1.29, 1.82) is 0 Å². The highest BCUT2D eigenvalue weighted by atomic mass is 16.5. The molecule has 9 heteroatoms. The largest absolute Gasteiger partial charge is 0.466 e. The first kappa shape index (κ1) is 56.1. The summed E-state index contributed by atoms with van der Waals surface area (Å²) in [6.45, 7) is 12.7. The van der Waals surface area contributed by atoms with Crippen molar-refractivity contribution in [3.05, 3.63) is 0 Å². The van der Waals surface area contributed by atoms with Gasteiger partial charge in [-0.2, -0.15) is 0 Å². The molecule has 0 spiro atoms. The molecule has 0 aliphatic heterocycles. The van der Waals surface area contributed by atoms with E-state index in [9.17, 15) is 14.4 Å². The summed E-state index contributed by atoms with van der Waals surface area (Å²) >= 11 is 0. The van der Waals surface area contributed by atoms with Crippen molar-refractivity contribution in [3.8, 4) is 0 Å². The summed E-state index contributed by atoms with van der Waals surface area (Å²) in [6, 6.07) is 0. The number of likely N-dealkylation sites (N-methyl/N-ethyl adjacent to an activating group) is 1. The molecule has 0 saturated carbocycles. The second-order valence-corrected chi connectivity index (χ2v) is 17.3. The summed E-state index contributed by atoms with van der Waals surface area (Å²) in [6.07, 6.45) is 36.3. The van der Waals surface area contributed by atoms with Gasteiger partial charge in [-0.05, 0) is 78.6 Å². The first-order valence-corrected chi connectivity index (χ1v) is 24.9. The fourth-order valence-corrected chi connectivity index (χ4v) is 7.48. The Kier molecular flexibility index (Phi) is 43.2. The molecule has 1 atom stereocenters. The molecule has 0 bridgehead atoms. The van der Waals surface area contributed by atoms with Gasteiger partial charge >= 0.3 is 18.0 Å². The van der Waals surface area contributed by atoms with E-state index in [0.29, 0.717) is 32.8 Å². The lowest BCUT2D eigenvalue weighted by Crippen LogP contribution is -2.32. The van der Waals surface area contributed by atoms with Gasteiger partial charge in [0, 0.05) is 26.1 Å². The lowest BCUT2D eigenvalue weighted by Gasteiger charge is -2.22. The summed E-state index contributed by atoms with van der Waals surface area (Å²) in [5.74, 6) is 0.106. The number of carbonyl (C=O) groups excluding carboxylic acids is 3. The van der Waals surface area contributed by atoms with Crippen LogP contribution in [0.25, 0.3) is 0 Å². The molecular weight excluding hydrogens is 727 g/mol. The predicted molar refractivity (Wildman–Crippen MR) is 245 cm³/mol. The molecule has 0 saturated heterocycles. The maximum absolute atomic E-state index is 13.0. The van der Waals surface area contributed by atoms with Gasteiger partial charge in [0.05, 0.1) is 25.7 Å². The van der Waals surface area contributed by atoms with E-state index < -0.39 is 0 Å². The molecule has 0 rings (SSSR count). The van der Waals surface area contributed by atoms with E-state index in [2.05, 4.69) is 31.0 Å². The third-order valence-corrected chi connectivity index (χ3v) is 11.3. The van der Waals surface area contributed by atoms with Crippen LogP contribution in [0.3, 0.4) is 0 Å². The van der Waals surface area contributed by atoms with Crippen LogP contribution in [0.15, 0.2) is 0 Å². The number of nitrogens with one attached hydrogen (secondary N) is 1. The fraction of sp³-hybridized carbons (Fsp3) is 0.939. The van der Waals surface area contributed by atoms with Crippen LogP contribution < -0.4 is 5.32 Å². The van der Waals surface area contributed by atoms with Gasteiger partial charge in [0.25, 0.3) is 0 Å². The monoisotopic (exact) mass is 824 g/mol. The van der Waals surface area contributed by atoms with Gasteiger partial charge in [-0.3, -0.25) is 9.59 Å². The van der Waals surface area contributed by atoms with Gasteiger partial charge in [0.15, 0.2) is 0 Å². The summed E-state index contributed by atoms with van der Waals surface area (Å²) < 4.78 is 16.7. The number of carbonyl (C=O) groups is 3. The van der Waals surface area contributed by atoms with Gasteiger partial charge in [-0.1, -0.05) is 168 Å². The molecular formula is C49H97N3O6. The first-order valence-electron chi connectivity index (χ1n) is 24.9. The lowest BCUT2D eigenvalue weighted by molar-refractivity contribution is -0.149. The van der Waals surface area contributed by atoms with Gasteiger partial charge in [0.2, 0.25) is 0 Å². The quantitative estimate of drug-likeness (QED) is 0.0368. The van der Waals surface area contributed by atoms with E-state index in [4.69, 9.17) is 14.2 Å². The van der Waals surface area contributed by atoms with Crippen LogP contribution in [-0.2, 0) is 23.8 Å². The molecule has 0 aromatic carbocycles. The Morgan fingerprint density at radius 2 is 0.862 bits per heavy atom. The van der Waals surface area contributed by atoms with Gasteiger partial charge in [0.1, 0.15) is 0 Å². The minimum absolute atomic E-state index is 0.0319. The summed E-state index contributed by atoms with van der Waals surface area (Å²) in [5.41, 5.74) is 0. The molecule has 1 unspecified atom stereocenters. The van der Waals surface area contributed by atoms with Gasteiger partial charge in [-0.25, -0.2) is 4.79 Å². The Labute approximate surface area is 359 Å². The maximum Gasteiger partial charge on any atom is 0.407 e. The minimum atomic E-state index is -0.331. The van der Waals surface area contributed by atoms with Crippen molar-refractivity contribution < 1.29 is 28.6 Å². The van der Waals surface area contributed by atoms with E-state index in [-0.39, 0.29) is 23.9 Å². The third-order valence-electron chi connectivity index (χ3n) is 11.3. The molecule has 1 amide bonds. The molecule has 0 aromatic heterocycles. The molecule has 0 fully saturated rings. The van der Waals surface area contributed by atoms with E-state index in [0.717, 1.165) is 110 Å². The van der Waals surface area contributed by atoms with Crippen LogP contribution >= 0.6 is 0 Å². The van der Waals surface area contributed by atoms with Crippen LogP contribution in [-0.4, -0.2) is 94.5 Å².